The van der Waals surface area contributed by atoms with Crippen LogP contribution in [0.5, 0.6) is 0 Å². The summed E-state index contributed by atoms with van der Waals surface area (Å²) < 4.78 is 5.54. The third-order valence-electron chi connectivity index (χ3n) is 3.59. The molecule has 19 heavy (non-hydrogen) atoms. The highest BCUT2D eigenvalue weighted by molar-refractivity contribution is 5.33. The first-order valence-electron chi connectivity index (χ1n) is 6.75. The predicted molar refractivity (Wildman–Crippen MR) is 73.2 cm³/mol. The Morgan fingerprint density at radius 3 is 2.79 bits per heavy atom. The van der Waals surface area contributed by atoms with Crippen molar-refractivity contribution in [2.75, 3.05) is 19.8 Å². The van der Waals surface area contributed by atoms with E-state index in [1.165, 1.54) is 0 Å². The highest BCUT2D eigenvalue weighted by atomic mass is 16.6. The summed E-state index contributed by atoms with van der Waals surface area (Å²) in [6, 6.07) is 7.31. The van der Waals surface area contributed by atoms with Gasteiger partial charge in [0.15, 0.2) is 0 Å². The number of nitro benzene ring substituents is 1. The Hall–Kier alpha value is -1.46. The van der Waals surface area contributed by atoms with Crippen molar-refractivity contribution in [2.24, 2.45) is 5.92 Å². The maximum atomic E-state index is 10.6. The normalized spacial score (nSPS) is 23.2. The molecule has 5 heteroatoms. The van der Waals surface area contributed by atoms with E-state index in [0.717, 1.165) is 38.2 Å². The standard InChI is InChI=1S/C14H20N2O3/c1-2-15-14-7-8-19-10-12(14)9-11-3-5-13(6-4-11)16(17)18/h3-6,12,14-15H,2,7-10H2,1H3. The van der Waals surface area contributed by atoms with E-state index in [1.807, 2.05) is 12.1 Å². The molecule has 0 saturated carbocycles. The van der Waals surface area contributed by atoms with Crippen molar-refractivity contribution >= 4 is 5.69 Å². The fourth-order valence-electron chi connectivity index (χ4n) is 2.59. The van der Waals surface area contributed by atoms with E-state index in [0.29, 0.717) is 12.0 Å². The Balaban J connectivity index is 2.00. The zero-order chi connectivity index (χ0) is 13.7. The zero-order valence-electron chi connectivity index (χ0n) is 11.2. The first-order valence-corrected chi connectivity index (χ1v) is 6.75. The van der Waals surface area contributed by atoms with Gasteiger partial charge in [-0.05, 0) is 24.9 Å². The van der Waals surface area contributed by atoms with E-state index >= 15 is 0 Å². The van der Waals surface area contributed by atoms with Gasteiger partial charge < -0.3 is 10.1 Å². The molecule has 1 saturated heterocycles. The lowest BCUT2D eigenvalue weighted by molar-refractivity contribution is -0.384. The van der Waals surface area contributed by atoms with E-state index < -0.39 is 0 Å². The van der Waals surface area contributed by atoms with Gasteiger partial charge in [0.1, 0.15) is 0 Å². The number of ether oxygens (including phenoxy) is 1. The number of nitrogens with zero attached hydrogens (tertiary/aromatic N) is 1. The molecule has 1 aliphatic rings. The molecular formula is C14H20N2O3. The van der Waals surface area contributed by atoms with Crippen LogP contribution in [0.15, 0.2) is 24.3 Å². The van der Waals surface area contributed by atoms with Crippen molar-refractivity contribution in [3.05, 3.63) is 39.9 Å². The van der Waals surface area contributed by atoms with E-state index in [9.17, 15) is 10.1 Å². The van der Waals surface area contributed by atoms with Crippen LogP contribution in [0, 0.1) is 16.0 Å². The average molecular weight is 264 g/mol. The van der Waals surface area contributed by atoms with Crippen LogP contribution in [0.1, 0.15) is 18.9 Å². The van der Waals surface area contributed by atoms with Crippen LogP contribution >= 0.6 is 0 Å². The Morgan fingerprint density at radius 2 is 2.16 bits per heavy atom. The Labute approximate surface area is 113 Å². The van der Waals surface area contributed by atoms with Crippen molar-refractivity contribution in [3.8, 4) is 0 Å². The van der Waals surface area contributed by atoms with Gasteiger partial charge in [-0.15, -0.1) is 0 Å². The van der Waals surface area contributed by atoms with Gasteiger partial charge in [-0.1, -0.05) is 19.1 Å². The molecule has 2 rings (SSSR count). The summed E-state index contributed by atoms with van der Waals surface area (Å²) in [5, 5.41) is 14.1. The minimum atomic E-state index is -0.366. The Bertz CT molecular complexity index is 417. The molecule has 2 atom stereocenters. The monoisotopic (exact) mass is 264 g/mol. The minimum Gasteiger partial charge on any atom is -0.381 e. The van der Waals surface area contributed by atoms with E-state index in [-0.39, 0.29) is 10.6 Å². The van der Waals surface area contributed by atoms with Gasteiger partial charge in [0.25, 0.3) is 5.69 Å². The zero-order valence-corrected chi connectivity index (χ0v) is 11.2. The Kier molecular flexibility index (Phi) is 4.87. The van der Waals surface area contributed by atoms with Crippen LogP contribution in [0.25, 0.3) is 0 Å². The van der Waals surface area contributed by atoms with Gasteiger partial charge in [-0.2, -0.15) is 0 Å². The van der Waals surface area contributed by atoms with Crippen LogP contribution in [-0.4, -0.2) is 30.7 Å². The van der Waals surface area contributed by atoms with Crippen LogP contribution in [0.2, 0.25) is 0 Å². The molecule has 0 bridgehead atoms. The van der Waals surface area contributed by atoms with Gasteiger partial charge in [0, 0.05) is 30.7 Å². The fraction of sp³-hybridized carbons (Fsp3) is 0.571. The van der Waals surface area contributed by atoms with E-state index in [2.05, 4.69) is 12.2 Å². The number of rotatable bonds is 5. The molecule has 0 aliphatic carbocycles. The van der Waals surface area contributed by atoms with E-state index in [1.54, 1.807) is 12.1 Å². The first kappa shape index (κ1) is 14.0. The molecule has 1 fully saturated rings. The molecule has 0 aromatic heterocycles. The summed E-state index contributed by atoms with van der Waals surface area (Å²) in [6.07, 6.45) is 1.93. The molecule has 0 radical (unpaired) electrons. The second-order valence-corrected chi connectivity index (χ2v) is 4.92. The lowest BCUT2D eigenvalue weighted by Gasteiger charge is -2.32. The summed E-state index contributed by atoms with van der Waals surface area (Å²) in [7, 11) is 0. The molecule has 104 valence electrons. The summed E-state index contributed by atoms with van der Waals surface area (Å²) in [5.41, 5.74) is 1.27. The predicted octanol–water partition coefficient (Wildman–Crippen LogP) is 2.15. The smallest absolute Gasteiger partial charge is 0.269 e. The highest BCUT2D eigenvalue weighted by Crippen LogP contribution is 2.21. The van der Waals surface area contributed by atoms with Crippen LogP contribution < -0.4 is 5.32 Å². The number of hydrogen-bond acceptors (Lipinski definition) is 4. The summed E-state index contributed by atoms with van der Waals surface area (Å²) in [6.45, 7) is 4.64. The third kappa shape index (κ3) is 3.75. The van der Waals surface area contributed by atoms with Gasteiger partial charge in [-0.25, -0.2) is 0 Å². The average Bonchev–Trinajstić information content (AvgIpc) is 2.42. The van der Waals surface area contributed by atoms with Crippen molar-refractivity contribution in [2.45, 2.75) is 25.8 Å². The van der Waals surface area contributed by atoms with Gasteiger partial charge >= 0.3 is 0 Å². The number of non-ortho nitro benzene ring substituents is 1. The number of nitro groups is 1. The Morgan fingerprint density at radius 1 is 1.42 bits per heavy atom. The van der Waals surface area contributed by atoms with Crippen molar-refractivity contribution in [1.29, 1.82) is 0 Å². The fourth-order valence-corrected chi connectivity index (χ4v) is 2.59. The SMILES string of the molecule is CCNC1CCOCC1Cc1ccc([N+](=O)[O-])cc1. The maximum absolute atomic E-state index is 10.6. The topological polar surface area (TPSA) is 64.4 Å². The van der Waals surface area contributed by atoms with Crippen molar-refractivity contribution in [3.63, 3.8) is 0 Å². The lowest BCUT2D eigenvalue weighted by atomic mass is 9.89. The molecule has 1 aromatic carbocycles. The largest absolute Gasteiger partial charge is 0.381 e. The molecule has 5 nitrogen and oxygen atoms in total. The number of nitrogens with one attached hydrogen (secondary N) is 1. The molecule has 0 spiro atoms. The van der Waals surface area contributed by atoms with Gasteiger partial charge in [-0.3, -0.25) is 10.1 Å². The second kappa shape index (κ2) is 6.63. The molecule has 0 amide bonds. The first-order chi connectivity index (χ1) is 9.20. The number of hydrogen-bond donors (Lipinski definition) is 1. The van der Waals surface area contributed by atoms with Gasteiger partial charge in [0.05, 0.1) is 11.5 Å². The van der Waals surface area contributed by atoms with Crippen LogP contribution in [0.3, 0.4) is 0 Å². The van der Waals surface area contributed by atoms with Crippen LogP contribution in [-0.2, 0) is 11.2 Å². The minimum absolute atomic E-state index is 0.145. The molecule has 1 aromatic rings. The third-order valence-corrected chi connectivity index (χ3v) is 3.59. The molecule has 1 N–H and O–H groups in total. The summed E-state index contributed by atoms with van der Waals surface area (Å²) in [5.74, 6) is 0.440. The molecule has 1 aliphatic heterocycles. The van der Waals surface area contributed by atoms with E-state index in [4.69, 9.17) is 4.74 Å². The van der Waals surface area contributed by atoms with Crippen molar-refractivity contribution in [1.82, 2.24) is 5.32 Å². The maximum Gasteiger partial charge on any atom is 0.269 e. The summed E-state index contributed by atoms with van der Waals surface area (Å²) >= 11 is 0. The quantitative estimate of drug-likeness (QED) is 0.653. The second-order valence-electron chi connectivity index (χ2n) is 4.92. The molecule has 2 unspecified atom stereocenters. The molecular weight excluding hydrogens is 244 g/mol. The summed E-state index contributed by atoms with van der Waals surface area (Å²) in [4.78, 5) is 10.2. The number of benzene rings is 1. The lowest BCUT2D eigenvalue weighted by Crippen LogP contribution is -2.43. The molecule has 1 heterocycles. The van der Waals surface area contributed by atoms with Crippen molar-refractivity contribution < 1.29 is 9.66 Å². The van der Waals surface area contributed by atoms with Gasteiger partial charge in [0.2, 0.25) is 0 Å². The highest BCUT2D eigenvalue weighted by Gasteiger charge is 2.25. The van der Waals surface area contributed by atoms with Crippen LogP contribution in [0.4, 0.5) is 5.69 Å².